The minimum Gasteiger partial charge on any atom is -0.324 e. The average molecular weight is 407 g/mol. The summed E-state index contributed by atoms with van der Waals surface area (Å²) in [7, 11) is 0. The topological polar surface area (TPSA) is 88.3 Å². The summed E-state index contributed by atoms with van der Waals surface area (Å²) in [5.74, 6) is -0.164. The van der Waals surface area contributed by atoms with Gasteiger partial charge in [0.2, 0.25) is 5.91 Å². The van der Waals surface area contributed by atoms with Crippen molar-refractivity contribution in [2.24, 2.45) is 5.73 Å². The van der Waals surface area contributed by atoms with Gasteiger partial charge in [-0.05, 0) is 54.1 Å². The molecule has 3 N–H and O–H groups in total. The van der Waals surface area contributed by atoms with Gasteiger partial charge in [-0.1, -0.05) is 12.1 Å². The molecule has 1 fully saturated rings. The van der Waals surface area contributed by atoms with Gasteiger partial charge in [0.25, 0.3) is 5.91 Å². The minimum atomic E-state index is -0.417. The number of benzene rings is 1. The predicted molar refractivity (Wildman–Crippen MR) is 115 cm³/mol. The standard InChI is InChI=1S/C22H22N4O2S/c23-20(13-21(27)26(18-5-6-18)19-9-12-29-14-19)15-1-3-16(4-2-15)22(28)25-17-7-10-24-11-8-17/h1-4,7-12,14,18,20H,5-6,13,23H2,(H,24,25,28). The van der Waals surface area contributed by atoms with Crippen LogP contribution >= 0.6 is 11.3 Å². The quantitative estimate of drug-likeness (QED) is 0.621. The Balaban J connectivity index is 1.39. The Morgan fingerprint density at radius 3 is 2.48 bits per heavy atom. The van der Waals surface area contributed by atoms with E-state index in [2.05, 4.69) is 10.3 Å². The second kappa shape index (κ2) is 8.55. The Bertz CT molecular complexity index is 970. The Hall–Kier alpha value is -3.03. The van der Waals surface area contributed by atoms with Crippen molar-refractivity contribution in [1.82, 2.24) is 4.98 Å². The molecule has 0 radical (unpaired) electrons. The van der Waals surface area contributed by atoms with Gasteiger partial charge >= 0.3 is 0 Å². The molecular weight excluding hydrogens is 384 g/mol. The minimum absolute atomic E-state index is 0.0397. The third-order valence-corrected chi connectivity index (χ3v) is 5.57. The van der Waals surface area contributed by atoms with E-state index in [0.29, 0.717) is 17.3 Å². The zero-order valence-corrected chi connectivity index (χ0v) is 16.6. The lowest BCUT2D eigenvalue weighted by molar-refractivity contribution is -0.119. The number of nitrogens with one attached hydrogen (secondary N) is 1. The highest BCUT2D eigenvalue weighted by molar-refractivity contribution is 7.08. The number of nitrogens with two attached hydrogens (primary N) is 1. The molecule has 0 saturated heterocycles. The summed E-state index contributed by atoms with van der Waals surface area (Å²) in [5.41, 5.74) is 9.31. The van der Waals surface area contributed by atoms with Crippen molar-refractivity contribution in [3.05, 3.63) is 76.7 Å². The third kappa shape index (κ3) is 4.70. The van der Waals surface area contributed by atoms with Crippen molar-refractivity contribution in [3.8, 4) is 0 Å². The number of aromatic nitrogens is 1. The monoisotopic (exact) mass is 406 g/mol. The molecule has 29 heavy (non-hydrogen) atoms. The molecule has 148 valence electrons. The normalized spacial score (nSPS) is 14.2. The number of carbonyl (C=O) groups is 2. The van der Waals surface area contributed by atoms with Gasteiger partial charge in [-0.25, -0.2) is 0 Å². The molecule has 1 atom stereocenters. The van der Waals surface area contributed by atoms with Crippen LogP contribution in [0.25, 0.3) is 0 Å². The summed E-state index contributed by atoms with van der Waals surface area (Å²) in [6.45, 7) is 0. The fraction of sp³-hybridized carbons (Fsp3) is 0.227. The molecule has 4 rings (SSSR count). The van der Waals surface area contributed by atoms with Crippen LogP contribution < -0.4 is 16.0 Å². The number of carbonyl (C=O) groups excluding carboxylic acids is 2. The molecule has 1 aliphatic carbocycles. The molecule has 1 aromatic carbocycles. The van der Waals surface area contributed by atoms with Gasteiger partial charge < -0.3 is 16.0 Å². The molecule has 0 spiro atoms. The van der Waals surface area contributed by atoms with E-state index >= 15 is 0 Å². The molecule has 6 nitrogen and oxygen atoms in total. The number of pyridine rings is 1. The maximum absolute atomic E-state index is 12.9. The van der Waals surface area contributed by atoms with Crippen LogP contribution in [0, 0.1) is 0 Å². The first-order valence-electron chi connectivity index (χ1n) is 9.53. The summed E-state index contributed by atoms with van der Waals surface area (Å²) in [4.78, 5) is 31.0. The fourth-order valence-electron chi connectivity index (χ4n) is 3.21. The van der Waals surface area contributed by atoms with E-state index in [1.807, 2.05) is 33.9 Å². The zero-order chi connectivity index (χ0) is 20.2. The van der Waals surface area contributed by atoms with Crippen LogP contribution in [0.1, 0.15) is 41.2 Å². The van der Waals surface area contributed by atoms with Crippen LogP contribution in [0.5, 0.6) is 0 Å². The van der Waals surface area contributed by atoms with E-state index in [1.165, 1.54) is 0 Å². The van der Waals surface area contributed by atoms with E-state index in [1.54, 1.807) is 48.0 Å². The molecule has 1 aliphatic rings. The first-order valence-corrected chi connectivity index (χ1v) is 10.5. The van der Waals surface area contributed by atoms with Crippen LogP contribution in [0.4, 0.5) is 11.4 Å². The van der Waals surface area contributed by atoms with Gasteiger partial charge in [-0.3, -0.25) is 14.6 Å². The van der Waals surface area contributed by atoms with Crippen molar-refractivity contribution in [1.29, 1.82) is 0 Å². The highest BCUT2D eigenvalue weighted by atomic mass is 32.1. The van der Waals surface area contributed by atoms with Crippen molar-refractivity contribution in [2.45, 2.75) is 31.3 Å². The Kier molecular flexibility index (Phi) is 5.69. The maximum Gasteiger partial charge on any atom is 0.255 e. The van der Waals surface area contributed by atoms with Crippen LogP contribution in [0.15, 0.2) is 65.6 Å². The highest BCUT2D eigenvalue weighted by Crippen LogP contribution is 2.34. The van der Waals surface area contributed by atoms with Gasteiger partial charge in [0.05, 0.1) is 5.69 Å². The van der Waals surface area contributed by atoms with Crippen LogP contribution in [0.3, 0.4) is 0 Å². The van der Waals surface area contributed by atoms with E-state index in [9.17, 15) is 9.59 Å². The first kappa shape index (κ1) is 19.3. The predicted octanol–water partition coefficient (Wildman–Crippen LogP) is 3.98. The number of nitrogens with zero attached hydrogens (tertiary/aromatic N) is 2. The fourth-order valence-corrected chi connectivity index (χ4v) is 3.84. The number of anilines is 2. The lowest BCUT2D eigenvalue weighted by Crippen LogP contribution is -2.34. The Morgan fingerprint density at radius 1 is 1.14 bits per heavy atom. The van der Waals surface area contributed by atoms with Crippen LogP contribution in [0.2, 0.25) is 0 Å². The number of hydrogen-bond acceptors (Lipinski definition) is 5. The van der Waals surface area contributed by atoms with E-state index in [-0.39, 0.29) is 18.2 Å². The van der Waals surface area contributed by atoms with Gasteiger partial charge in [0.15, 0.2) is 0 Å². The van der Waals surface area contributed by atoms with Crippen molar-refractivity contribution in [3.63, 3.8) is 0 Å². The van der Waals surface area contributed by atoms with Crippen molar-refractivity contribution >= 4 is 34.5 Å². The molecule has 1 saturated carbocycles. The average Bonchev–Trinajstić information content (AvgIpc) is 3.42. The molecule has 2 aromatic heterocycles. The maximum atomic E-state index is 12.9. The summed E-state index contributed by atoms with van der Waals surface area (Å²) in [6, 6.07) is 12.4. The number of rotatable bonds is 7. The molecule has 2 heterocycles. The van der Waals surface area contributed by atoms with E-state index in [4.69, 9.17) is 5.73 Å². The van der Waals surface area contributed by atoms with Crippen LogP contribution in [-0.2, 0) is 4.79 Å². The Labute approximate surface area is 173 Å². The van der Waals surface area contributed by atoms with Gasteiger partial charge in [-0.2, -0.15) is 11.3 Å². The summed E-state index contributed by atoms with van der Waals surface area (Å²) >= 11 is 1.58. The number of hydrogen-bond donors (Lipinski definition) is 2. The SMILES string of the molecule is NC(CC(=O)N(c1ccsc1)C1CC1)c1ccc(C(=O)Nc2ccncc2)cc1. The first-order chi connectivity index (χ1) is 14.1. The van der Waals surface area contributed by atoms with Crippen molar-refractivity contribution < 1.29 is 9.59 Å². The second-order valence-corrected chi connectivity index (χ2v) is 7.88. The van der Waals surface area contributed by atoms with E-state index < -0.39 is 6.04 Å². The van der Waals surface area contributed by atoms with Gasteiger partial charge in [0, 0.05) is 47.5 Å². The number of thiophene rings is 1. The zero-order valence-electron chi connectivity index (χ0n) is 15.8. The Morgan fingerprint density at radius 2 is 1.86 bits per heavy atom. The largest absolute Gasteiger partial charge is 0.324 e. The second-order valence-electron chi connectivity index (χ2n) is 7.10. The number of amides is 2. The molecule has 0 aliphatic heterocycles. The molecule has 3 aromatic rings. The lowest BCUT2D eigenvalue weighted by atomic mass is 10.0. The third-order valence-electron chi connectivity index (χ3n) is 4.90. The highest BCUT2D eigenvalue weighted by Gasteiger charge is 2.34. The molecule has 1 unspecified atom stereocenters. The molecular formula is C22H22N4O2S. The van der Waals surface area contributed by atoms with Gasteiger partial charge in [-0.15, -0.1) is 0 Å². The van der Waals surface area contributed by atoms with Gasteiger partial charge in [0.1, 0.15) is 0 Å². The smallest absolute Gasteiger partial charge is 0.255 e. The summed E-state index contributed by atoms with van der Waals surface area (Å²) < 4.78 is 0. The van der Waals surface area contributed by atoms with Crippen LogP contribution in [-0.4, -0.2) is 22.8 Å². The molecule has 7 heteroatoms. The molecule has 0 bridgehead atoms. The summed E-state index contributed by atoms with van der Waals surface area (Å²) in [6.07, 6.45) is 5.55. The van der Waals surface area contributed by atoms with Crippen molar-refractivity contribution in [2.75, 3.05) is 10.2 Å². The van der Waals surface area contributed by atoms with E-state index in [0.717, 1.165) is 24.1 Å². The summed E-state index contributed by atoms with van der Waals surface area (Å²) in [5, 5.41) is 6.80. The molecule has 2 amide bonds. The lowest BCUT2D eigenvalue weighted by Gasteiger charge is -2.23.